The molecule has 0 bridgehead atoms. The minimum absolute atomic E-state index is 0.0408. The van der Waals surface area contributed by atoms with E-state index in [1.54, 1.807) is 12.3 Å². The number of nitrogens with zero attached hydrogens (tertiary/aromatic N) is 3. The van der Waals surface area contributed by atoms with Gasteiger partial charge in [0.25, 0.3) is 5.69 Å². The Morgan fingerprint density at radius 3 is 2.70 bits per heavy atom. The Morgan fingerprint density at radius 2 is 2.00 bits per heavy atom. The van der Waals surface area contributed by atoms with E-state index in [4.69, 9.17) is 4.42 Å². The third-order valence-corrected chi connectivity index (χ3v) is 4.39. The Bertz CT molecular complexity index is 736. The van der Waals surface area contributed by atoms with E-state index < -0.39 is 4.92 Å². The number of piperidine rings is 1. The Hall–Kier alpha value is -2.15. The number of nitro benzene ring substituents is 1. The number of hydrogen-bond donors (Lipinski definition) is 0. The fraction of sp³-hybridized carbons (Fsp3) is 0.312. The van der Waals surface area contributed by atoms with Crippen LogP contribution in [0.3, 0.4) is 0 Å². The molecule has 0 saturated carbocycles. The molecule has 3 rings (SSSR count). The van der Waals surface area contributed by atoms with Crippen molar-refractivity contribution < 1.29 is 9.34 Å². The summed E-state index contributed by atoms with van der Waals surface area (Å²) in [4.78, 5) is 10.4. The van der Waals surface area contributed by atoms with Gasteiger partial charge in [-0.15, -0.1) is 0 Å². The van der Waals surface area contributed by atoms with Crippen LogP contribution in [0.1, 0.15) is 25.0 Å². The fourth-order valence-corrected chi connectivity index (χ4v) is 3.08. The molecular formula is C16H16BrN3O3. The van der Waals surface area contributed by atoms with Crippen molar-refractivity contribution in [2.45, 2.75) is 19.3 Å². The van der Waals surface area contributed by atoms with Crippen molar-refractivity contribution in [3.63, 3.8) is 0 Å². The second-order valence-corrected chi connectivity index (χ2v) is 6.24. The molecule has 1 fully saturated rings. The third kappa shape index (κ3) is 3.79. The maximum atomic E-state index is 10.8. The van der Waals surface area contributed by atoms with Gasteiger partial charge in [0.2, 0.25) is 0 Å². The molecule has 0 unspecified atom stereocenters. The number of benzene rings is 1. The zero-order chi connectivity index (χ0) is 16.2. The first kappa shape index (κ1) is 15.7. The molecule has 0 radical (unpaired) electrons. The van der Waals surface area contributed by atoms with E-state index in [2.05, 4.69) is 21.0 Å². The van der Waals surface area contributed by atoms with Gasteiger partial charge < -0.3 is 4.42 Å². The summed E-state index contributed by atoms with van der Waals surface area (Å²) in [5, 5.41) is 17.3. The van der Waals surface area contributed by atoms with Gasteiger partial charge in [-0.1, -0.05) is 0 Å². The molecule has 0 aliphatic carbocycles. The summed E-state index contributed by atoms with van der Waals surface area (Å²) in [5.41, 5.74) is 0.812. The predicted molar refractivity (Wildman–Crippen MR) is 91.5 cm³/mol. The number of hydrazone groups is 1. The van der Waals surface area contributed by atoms with Crippen molar-refractivity contribution in [2.24, 2.45) is 5.10 Å². The van der Waals surface area contributed by atoms with E-state index in [1.807, 2.05) is 17.1 Å². The lowest BCUT2D eigenvalue weighted by molar-refractivity contribution is -0.384. The molecule has 120 valence electrons. The van der Waals surface area contributed by atoms with Crippen LogP contribution in [0, 0.1) is 10.1 Å². The first-order chi connectivity index (χ1) is 11.1. The molecule has 1 aromatic heterocycles. The first-order valence-electron chi connectivity index (χ1n) is 7.46. The van der Waals surface area contributed by atoms with Crippen LogP contribution < -0.4 is 0 Å². The van der Waals surface area contributed by atoms with Crippen molar-refractivity contribution >= 4 is 27.8 Å². The molecule has 23 heavy (non-hydrogen) atoms. The van der Waals surface area contributed by atoms with Crippen LogP contribution in [-0.4, -0.2) is 29.2 Å². The number of furan rings is 1. The molecule has 2 heterocycles. The summed E-state index contributed by atoms with van der Waals surface area (Å²) >= 11 is 3.36. The van der Waals surface area contributed by atoms with Gasteiger partial charge in [0, 0.05) is 35.3 Å². The second kappa shape index (κ2) is 6.95. The van der Waals surface area contributed by atoms with Gasteiger partial charge in [-0.3, -0.25) is 15.1 Å². The zero-order valence-corrected chi connectivity index (χ0v) is 14.0. The van der Waals surface area contributed by atoms with Crippen LogP contribution in [0.15, 0.2) is 44.3 Å². The number of hydrogen-bond acceptors (Lipinski definition) is 5. The second-order valence-electron chi connectivity index (χ2n) is 5.38. The molecule has 1 aromatic carbocycles. The standard InChI is InChI=1S/C16H16BrN3O3/c17-15-10-12(20(21)22)4-6-14(15)16-7-5-13(23-16)11-18-19-8-2-1-3-9-19/h4-7,10-11H,1-3,8-9H2/b18-11-. The number of rotatable bonds is 4. The van der Waals surface area contributed by atoms with E-state index in [1.165, 1.54) is 31.4 Å². The van der Waals surface area contributed by atoms with Gasteiger partial charge in [0.05, 0.1) is 11.1 Å². The van der Waals surface area contributed by atoms with Gasteiger partial charge in [-0.05, 0) is 53.4 Å². The molecule has 0 spiro atoms. The predicted octanol–water partition coefficient (Wildman–Crippen LogP) is 4.44. The average Bonchev–Trinajstić information content (AvgIpc) is 3.02. The normalized spacial score (nSPS) is 15.3. The van der Waals surface area contributed by atoms with Crippen molar-refractivity contribution in [2.75, 3.05) is 13.1 Å². The lowest BCUT2D eigenvalue weighted by Gasteiger charge is -2.22. The maximum Gasteiger partial charge on any atom is 0.270 e. The van der Waals surface area contributed by atoms with Crippen LogP contribution in [0.25, 0.3) is 11.3 Å². The molecule has 0 atom stereocenters. The average molecular weight is 378 g/mol. The van der Waals surface area contributed by atoms with E-state index in [-0.39, 0.29) is 5.69 Å². The monoisotopic (exact) mass is 377 g/mol. The largest absolute Gasteiger partial charge is 0.455 e. The summed E-state index contributed by atoms with van der Waals surface area (Å²) in [5.74, 6) is 1.31. The lowest BCUT2D eigenvalue weighted by atomic mass is 10.1. The molecule has 0 amide bonds. The highest BCUT2D eigenvalue weighted by Crippen LogP contribution is 2.32. The maximum absolute atomic E-state index is 10.8. The van der Waals surface area contributed by atoms with Gasteiger partial charge in [0.15, 0.2) is 0 Å². The highest BCUT2D eigenvalue weighted by atomic mass is 79.9. The number of nitro groups is 1. The van der Waals surface area contributed by atoms with E-state index >= 15 is 0 Å². The van der Waals surface area contributed by atoms with Crippen molar-refractivity contribution in [3.05, 3.63) is 50.7 Å². The molecule has 1 aliphatic rings. The number of non-ortho nitro benzene ring substituents is 1. The zero-order valence-electron chi connectivity index (χ0n) is 12.4. The third-order valence-electron chi connectivity index (χ3n) is 3.74. The molecule has 0 N–H and O–H groups in total. The topological polar surface area (TPSA) is 71.9 Å². The Morgan fingerprint density at radius 1 is 1.22 bits per heavy atom. The van der Waals surface area contributed by atoms with Crippen LogP contribution in [-0.2, 0) is 0 Å². The van der Waals surface area contributed by atoms with Gasteiger partial charge in [-0.2, -0.15) is 5.10 Å². The molecular weight excluding hydrogens is 362 g/mol. The molecule has 2 aromatic rings. The van der Waals surface area contributed by atoms with Crippen LogP contribution in [0.4, 0.5) is 5.69 Å². The van der Waals surface area contributed by atoms with Crippen molar-refractivity contribution in [1.82, 2.24) is 5.01 Å². The quantitative estimate of drug-likeness (QED) is 0.448. The summed E-state index contributed by atoms with van der Waals surface area (Å²) < 4.78 is 6.39. The van der Waals surface area contributed by atoms with E-state index in [9.17, 15) is 10.1 Å². The minimum Gasteiger partial charge on any atom is -0.455 e. The smallest absolute Gasteiger partial charge is 0.270 e. The number of halogens is 1. The lowest BCUT2D eigenvalue weighted by Crippen LogP contribution is -2.24. The Kier molecular flexibility index (Phi) is 4.76. The van der Waals surface area contributed by atoms with Crippen molar-refractivity contribution in [3.8, 4) is 11.3 Å². The molecule has 1 saturated heterocycles. The van der Waals surface area contributed by atoms with Gasteiger partial charge >= 0.3 is 0 Å². The molecule has 7 heteroatoms. The van der Waals surface area contributed by atoms with Crippen molar-refractivity contribution in [1.29, 1.82) is 0 Å². The molecule has 6 nitrogen and oxygen atoms in total. The fourth-order valence-electron chi connectivity index (χ4n) is 2.52. The van der Waals surface area contributed by atoms with Crippen LogP contribution >= 0.6 is 15.9 Å². The van der Waals surface area contributed by atoms with Crippen LogP contribution in [0.2, 0.25) is 0 Å². The highest BCUT2D eigenvalue weighted by molar-refractivity contribution is 9.10. The Balaban J connectivity index is 1.76. The summed E-state index contributed by atoms with van der Waals surface area (Å²) in [6.45, 7) is 1.97. The summed E-state index contributed by atoms with van der Waals surface area (Å²) in [6.07, 6.45) is 5.34. The van der Waals surface area contributed by atoms with Crippen LogP contribution in [0.5, 0.6) is 0 Å². The minimum atomic E-state index is -0.423. The molecule has 1 aliphatic heterocycles. The summed E-state index contributed by atoms with van der Waals surface area (Å²) in [6, 6.07) is 8.29. The Labute approximate surface area is 142 Å². The van der Waals surface area contributed by atoms with E-state index in [0.717, 1.165) is 18.7 Å². The first-order valence-corrected chi connectivity index (χ1v) is 8.26. The van der Waals surface area contributed by atoms with Gasteiger partial charge in [0.1, 0.15) is 11.5 Å². The van der Waals surface area contributed by atoms with E-state index in [0.29, 0.717) is 16.0 Å². The SMILES string of the molecule is O=[N+]([O-])c1ccc(-c2ccc(/C=N\N3CCCCC3)o2)c(Br)c1. The van der Waals surface area contributed by atoms with Gasteiger partial charge in [-0.25, -0.2) is 0 Å². The summed E-state index contributed by atoms with van der Waals surface area (Å²) in [7, 11) is 0. The highest BCUT2D eigenvalue weighted by Gasteiger charge is 2.13.